The van der Waals surface area contributed by atoms with Crippen LogP contribution in [0.15, 0.2) is 0 Å². The van der Waals surface area contributed by atoms with Gasteiger partial charge in [-0.1, -0.05) is 19.3 Å². The van der Waals surface area contributed by atoms with Crippen molar-refractivity contribution in [2.24, 2.45) is 17.7 Å². The van der Waals surface area contributed by atoms with E-state index in [2.05, 4.69) is 5.43 Å². The number of nitrogens with two attached hydrogens (primary N) is 1. The molecule has 4 fully saturated rings. The van der Waals surface area contributed by atoms with Crippen LogP contribution in [0.5, 0.6) is 0 Å². The Kier molecular flexibility index (Phi) is 3.99. The van der Waals surface area contributed by atoms with Gasteiger partial charge in [-0.2, -0.15) is 0 Å². The van der Waals surface area contributed by atoms with Crippen molar-refractivity contribution in [3.8, 4) is 0 Å². The zero-order valence-electron chi connectivity index (χ0n) is 13.1. The highest BCUT2D eigenvalue weighted by molar-refractivity contribution is 5.00. The summed E-state index contributed by atoms with van der Waals surface area (Å²) in [5.41, 5.74) is 3.36. The van der Waals surface area contributed by atoms with Crippen LogP contribution in [0.4, 0.5) is 0 Å². The predicted octanol–water partition coefficient (Wildman–Crippen LogP) is 2.52. The molecule has 4 aliphatic rings. The number of hydrazine groups is 1. The summed E-state index contributed by atoms with van der Waals surface area (Å²) in [6, 6.07) is 0.419. The van der Waals surface area contributed by atoms with Crippen LogP contribution in [0.1, 0.15) is 64.2 Å². The third-order valence-corrected chi connectivity index (χ3v) is 6.61. The lowest BCUT2D eigenvalue weighted by molar-refractivity contribution is -0.125. The first-order valence-corrected chi connectivity index (χ1v) is 9.05. The second-order valence-electron chi connectivity index (χ2n) is 7.81. The van der Waals surface area contributed by atoms with Gasteiger partial charge < -0.3 is 9.47 Å². The summed E-state index contributed by atoms with van der Waals surface area (Å²) in [5.74, 6) is 7.27. The highest BCUT2D eigenvalue weighted by atomic mass is 16.5. The molecule has 4 heteroatoms. The second-order valence-corrected chi connectivity index (χ2v) is 7.81. The van der Waals surface area contributed by atoms with Gasteiger partial charge in [-0.3, -0.25) is 11.3 Å². The zero-order chi connectivity index (χ0) is 14.3. The molecule has 3 heterocycles. The minimum absolute atomic E-state index is 0.175. The van der Waals surface area contributed by atoms with Crippen molar-refractivity contribution in [2.45, 2.75) is 88.1 Å². The van der Waals surface area contributed by atoms with Crippen LogP contribution in [-0.4, -0.2) is 30.5 Å². The lowest BCUT2D eigenvalue weighted by Crippen LogP contribution is -2.53. The minimum atomic E-state index is 0.175. The third-order valence-electron chi connectivity index (χ3n) is 6.61. The van der Waals surface area contributed by atoms with Crippen molar-refractivity contribution in [1.29, 1.82) is 0 Å². The average molecular weight is 294 g/mol. The molecule has 3 N–H and O–H groups in total. The van der Waals surface area contributed by atoms with E-state index in [-0.39, 0.29) is 5.60 Å². The summed E-state index contributed by atoms with van der Waals surface area (Å²) in [7, 11) is 0. The molecular formula is C17H30N2O2. The molecule has 0 aromatic heterocycles. The Balaban J connectivity index is 1.46. The molecule has 4 nitrogen and oxygen atoms in total. The van der Waals surface area contributed by atoms with Crippen LogP contribution in [0.2, 0.25) is 0 Å². The van der Waals surface area contributed by atoms with Crippen LogP contribution >= 0.6 is 0 Å². The molecule has 0 radical (unpaired) electrons. The maximum atomic E-state index is 6.26. The standard InChI is InChI=1S/C17H30N2O2/c18-19-16(14-10-13-4-5-15(14)21-13)12-6-9-20-17(11-12)7-2-1-3-8-17/h12-16,19H,1-11,18H2. The largest absolute Gasteiger partial charge is 0.375 e. The fraction of sp³-hybridized carbons (Fsp3) is 1.00. The molecule has 5 atom stereocenters. The average Bonchev–Trinajstić information content (AvgIpc) is 3.12. The molecule has 0 amide bonds. The van der Waals surface area contributed by atoms with Crippen LogP contribution in [0.3, 0.4) is 0 Å². The van der Waals surface area contributed by atoms with E-state index in [0.717, 1.165) is 13.0 Å². The fourth-order valence-corrected chi connectivity index (χ4v) is 5.58. The minimum Gasteiger partial charge on any atom is -0.375 e. The molecule has 1 spiro atoms. The Morgan fingerprint density at radius 3 is 2.62 bits per heavy atom. The van der Waals surface area contributed by atoms with Crippen molar-refractivity contribution >= 4 is 0 Å². The van der Waals surface area contributed by atoms with Crippen molar-refractivity contribution in [1.82, 2.24) is 5.43 Å². The monoisotopic (exact) mass is 294 g/mol. The van der Waals surface area contributed by atoms with Gasteiger partial charge in [0, 0.05) is 18.6 Å². The SMILES string of the molecule is NNC(C1CCOC2(CCCCC2)C1)C1CC2CCC1O2. The number of rotatable bonds is 3. The van der Waals surface area contributed by atoms with Crippen LogP contribution in [0.25, 0.3) is 0 Å². The van der Waals surface area contributed by atoms with Gasteiger partial charge in [0.15, 0.2) is 0 Å². The first-order chi connectivity index (χ1) is 10.3. The molecule has 0 aromatic rings. The Morgan fingerprint density at radius 2 is 1.95 bits per heavy atom. The summed E-state index contributed by atoms with van der Waals surface area (Å²) >= 11 is 0. The van der Waals surface area contributed by atoms with E-state index in [1.165, 1.54) is 57.8 Å². The highest BCUT2D eigenvalue weighted by Gasteiger charge is 2.48. The predicted molar refractivity (Wildman–Crippen MR) is 81.6 cm³/mol. The van der Waals surface area contributed by atoms with Gasteiger partial charge in [0.25, 0.3) is 0 Å². The van der Waals surface area contributed by atoms with Gasteiger partial charge in [-0.05, 0) is 50.9 Å². The molecule has 21 heavy (non-hydrogen) atoms. The van der Waals surface area contributed by atoms with Gasteiger partial charge in [0.05, 0.1) is 17.8 Å². The summed E-state index contributed by atoms with van der Waals surface area (Å²) in [5, 5.41) is 0. The van der Waals surface area contributed by atoms with Gasteiger partial charge >= 0.3 is 0 Å². The quantitative estimate of drug-likeness (QED) is 0.620. The van der Waals surface area contributed by atoms with E-state index in [1.807, 2.05) is 0 Å². The number of hydrogen-bond donors (Lipinski definition) is 2. The molecule has 1 saturated carbocycles. The smallest absolute Gasteiger partial charge is 0.0685 e. The van der Waals surface area contributed by atoms with Crippen LogP contribution in [-0.2, 0) is 9.47 Å². The summed E-state index contributed by atoms with van der Waals surface area (Å²) in [6.07, 6.45) is 13.6. The fourth-order valence-electron chi connectivity index (χ4n) is 5.58. The van der Waals surface area contributed by atoms with E-state index >= 15 is 0 Å². The van der Waals surface area contributed by atoms with E-state index in [1.54, 1.807) is 0 Å². The van der Waals surface area contributed by atoms with Crippen molar-refractivity contribution in [3.05, 3.63) is 0 Å². The van der Waals surface area contributed by atoms with E-state index in [4.69, 9.17) is 15.3 Å². The number of hydrogen-bond acceptors (Lipinski definition) is 4. The Bertz CT molecular complexity index is 364. The van der Waals surface area contributed by atoms with Crippen LogP contribution in [0, 0.1) is 11.8 Å². The number of fused-ring (bicyclic) bond motifs is 2. The van der Waals surface area contributed by atoms with E-state index in [9.17, 15) is 0 Å². The number of nitrogens with one attached hydrogen (secondary N) is 1. The maximum absolute atomic E-state index is 6.26. The second kappa shape index (κ2) is 5.80. The van der Waals surface area contributed by atoms with Gasteiger partial charge in [0.2, 0.25) is 0 Å². The highest BCUT2D eigenvalue weighted by Crippen LogP contribution is 2.46. The van der Waals surface area contributed by atoms with E-state index in [0.29, 0.717) is 30.1 Å². The molecule has 4 rings (SSSR count). The summed E-state index contributed by atoms with van der Waals surface area (Å²) < 4.78 is 12.3. The molecule has 0 aromatic carbocycles. The normalized spacial score (nSPS) is 43.3. The molecule has 5 unspecified atom stereocenters. The Labute approximate surface area is 128 Å². The molecule has 1 aliphatic carbocycles. The first kappa shape index (κ1) is 14.4. The van der Waals surface area contributed by atoms with Crippen molar-refractivity contribution in [3.63, 3.8) is 0 Å². The van der Waals surface area contributed by atoms with Gasteiger partial charge in [-0.15, -0.1) is 0 Å². The first-order valence-electron chi connectivity index (χ1n) is 9.05. The molecule has 120 valence electrons. The molecule has 3 aliphatic heterocycles. The lowest BCUT2D eigenvalue weighted by Gasteiger charge is -2.47. The molecule has 2 bridgehead atoms. The van der Waals surface area contributed by atoms with E-state index < -0.39 is 0 Å². The third kappa shape index (κ3) is 2.65. The maximum Gasteiger partial charge on any atom is 0.0685 e. The molecular weight excluding hydrogens is 264 g/mol. The Hall–Kier alpha value is -0.160. The summed E-state index contributed by atoms with van der Waals surface area (Å²) in [4.78, 5) is 0. The topological polar surface area (TPSA) is 56.5 Å². The summed E-state index contributed by atoms with van der Waals surface area (Å²) in [6.45, 7) is 0.921. The van der Waals surface area contributed by atoms with Crippen molar-refractivity contribution in [2.75, 3.05) is 6.61 Å². The van der Waals surface area contributed by atoms with Crippen LogP contribution < -0.4 is 11.3 Å². The lowest BCUT2D eigenvalue weighted by atomic mass is 9.70. The molecule has 3 saturated heterocycles. The van der Waals surface area contributed by atoms with Gasteiger partial charge in [-0.25, -0.2) is 0 Å². The zero-order valence-corrected chi connectivity index (χ0v) is 13.1. The van der Waals surface area contributed by atoms with Crippen molar-refractivity contribution < 1.29 is 9.47 Å². The van der Waals surface area contributed by atoms with Gasteiger partial charge in [0.1, 0.15) is 0 Å². The number of ether oxygens (including phenoxy) is 2. The Morgan fingerprint density at radius 1 is 1.10 bits per heavy atom.